The number of hydrogen-bond donors (Lipinski definition) is 0. The summed E-state index contributed by atoms with van der Waals surface area (Å²) in [4.78, 5) is 38.4. The van der Waals surface area contributed by atoms with Gasteiger partial charge in [0.15, 0.2) is 6.10 Å². The van der Waals surface area contributed by atoms with Crippen molar-refractivity contribution < 1.29 is 28.6 Å². The van der Waals surface area contributed by atoms with Crippen LogP contribution in [0.5, 0.6) is 0 Å². The summed E-state index contributed by atoms with van der Waals surface area (Å²) in [5.74, 6) is -0.874. The number of rotatable bonds is 69. The molecule has 0 saturated carbocycles. The molecule has 482 valence electrons. The molecule has 82 heavy (non-hydrogen) atoms. The molecular weight excluding hydrogens is 1010 g/mol. The van der Waals surface area contributed by atoms with Crippen molar-refractivity contribution >= 4 is 17.9 Å². The van der Waals surface area contributed by atoms with Crippen LogP contribution in [0, 0.1) is 0 Å². The van der Waals surface area contributed by atoms with Gasteiger partial charge < -0.3 is 14.2 Å². The molecule has 0 heterocycles. The molecule has 0 aromatic heterocycles. The van der Waals surface area contributed by atoms with Gasteiger partial charge >= 0.3 is 17.9 Å². The minimum absolute atomic E-state index is 0.0759. The molecule has 0 aromatic carbocycles. The second-order valence-corrected chi connectivity index (χ2v) is 25.2. The Kier molecular flexibility index (Phi) is 69.1. The average Bonchev–Trinajstić information content (AvgIpc) is 3.47. The first-order valence-corrected chi connectivity index (χ1v) is 37.0. The van der Waals surface area contributed by atoms with E-state index >= 15 is 0 Å². The molecule has 0 N–H and O–H groups in total. The maximum atomic E-state index is 12.9. The van der Waals surface area contributed by atoms with Crippen LogP contribution in [0.15, 0.2) is 36.5 Å². The predicted molar refractivity (Wildman–Crippen MR) is 358 cm³/mol. The summed E-state index contributed by atoms with van der Waals surface area (Å²) in [7, 11) is 0. The molecule has 0 amide bonds. The monoisotopic (exact) mass is 1150 g/mol. The topological polar surface area (TPSA) is 78.9 Å². The van der Waals surface area contributed by atoms with Gasteiger partial charge in [-0.25, -0.2) is 0 Å². The summed E-state index contributed by atoms with van der Waals surface area (Å²) in [6, 6.07) is 0. The fourth-order valence-corrected chi connectivity index (χ4v) is 11.3. The molecule has 0 aliphatic heterocycles. The Morgan fingerprint density at radius 3 is 0.720 bits per heavy atom. The van der Waals surface area contributed by atoms with Crippen molar-refractivity contribution in [3.63, 3.8) is 0 Å². The van der Waals surface area contributed by atoms with Crippen molar-refractivity contribution in [2.75, 3.05) is 13.2 Å². The predicted octanol–water partition coefficient (Wildman–Crippen LogP) is 25.5. The number of hydrogen-bond acceptors (Lipinski definition) is 6. The van der Waals surface area contributed by atoms with Crippen LogP contribution < -0.4 is 0 Å². The molecule has 0 aliphatic carbocycles. The van der Waals surface area contributed by atoms with Crippen LogP contribution in [0.25, 0.3) is 0 Å². The molecule has 0 radical (unpaired) electrons. The van der Waals surface area contributed by atoms with E-state index in [2.05, 4.69) is 57.2 Å². The largest absolute Gasteiger partial charge is 0.462 e. The Hall–Kier alpha value is -2.37. The van der Waals surface area contributed by atoms with Crippen LogP contribution >= 0.6 is 0 Å². The van der Waals surface area contributed by atoms with Crippen LogP contribution in [-0.2, 0) is 28.6 Å². The Labute approximate surface area is 512 Å². The quantitative estimate of drug-likeness (QED) is 0.0261. The van der Waals surface area contributed by atoms with Crippen LogP contribution in [0.1, 0.15) is 412 Å². The van der Waals surface area contributed by atoms with Crippen LogP contribution in [0.2, 0.25) is 0 Å². The highest BCUT2D eigenvalue weighted by Crippen LogP contribution is 2.19. The zero-order valence-electron chi connectivity index (χ0n) is 55.5. The Morgan fingerprint density at radius 2 is 0.451 bits per heavy atom. The lowest BCUT2D eigenvalue weighted by Gasteiger charge is -2.18. The van der Waals surface area contributed by atoms with E-state index < -0.39 is 6.10 Å². The zero-order chi connectivity index (χ0) is 59.2. The van der Waals surface area contributed by atoms with Crippen LogP contribution in [0.3, 0.4) is 0 Å². The van der Waals surface area contributed by atoms with Gasteiger partial charge in [-0.05, 0) is 70.6 Å². The van der Waals surface area contributed by atoms with Gasteiger partial charge in [0.25, 0.3) is 0 Å². The second-order valence-electron chi connectivity index (χ2n) is 25.2. The van der Waals surface area contributed by atoms with Gasteiger partial charge in [-0.3, -0.25) is 14.4 Å². The highest BCUT2D eigenvalue weighted by Gasteiger charge is 2.19. The molecule has 0 aromatic rings. The Morgan fingerprint density at radius 1 is 0.244 bits per heavy atom. The highest BCUT2D eigenvalue weighted by molar-refractivity contribution is 5.71. The molecule has 0 rings (SSSR count). The second kappa shape index (κ2) is 71.1. The Bertz CT molecular complexity index is 1370. The minimum atomic E-state index is -0.781. The molecule has 0 spiro atoms. The lowest BCUT2D eigenvalue weighted by Crippen LogP contribution is -2.30. The summed E-state index contributed by atoms with van der Waals surface area (Å²) < 4.78 is 16.9. The lowest BCUT2D eigenvalue weighted by molar-refractivity contribution is -0.167. The van der Waals surface area contributed by atoms with Gasteiger partial charge in [0, 0.05) is 19.3 Å². The number of allylic oxidation sites excluding steroid dienone is 6. The maximum Gasteiger partial charge on any atom is 0.306 e. The van der Waals surface area contributed by atoms with Crippen molar-refractivity contribution in [1.29, 1.82) is 0 Å². The van der Waals surface area contributed by atoms with E-state index in [1.54, 1.807) is 0 Å². The maximum absolute atomic E-state index is 12.9. The molecular formula is C76H142O6. The lowest BCUT2D eigenvalue weighted by atomic mass is 10.0. The summed E-state index contributed by atoms with van der Waals surface area (Å²) in [5, 5.41) is 0. The molecule has 0 saturated heterocycles. The molecule has 6 heteroatoms. The van der Waals surface area contributed by atoms with Gasteiger partial charge in [0.05, 0.1) is 0 Å². The smallest absolute Gasteiger partial charge is 0.306 e. The SMILES string of the molecule is CCCC/C=C\C/C=C\CCCCCCCC(=O)OCC(COC(=O)CCCCCCCCCCCCCCCCCCCCCCCCCCCCCCCCCCCCC)OC(=O)CCCCCCC/C=C\CCCCCCCC. The third-order valence-electron chi connectivity index (χ3n) is 16.9. The molecule has 0 fully saturated rings. The first kappa shape index (κ1) is 79.6. The van der Waals surface area contributed by atoms with Crippen LogP contribution in [0.4, 0.5) is 0 Å². The molecule has 6 nitrogen and oxygen atoms in total. The van der Waals surface area contributed by atoms with E-state index in [9.17, 15) is 14.4 Å². The van der Waals surface area contributed by atoms with E-state index in [0.717, 1.165) is 83.5 Å². The number of ether oxygens (including phenoxy) is 3. The van der Waals surface area contributed by atoms with Crippen molar-refractivity contribution in [3.05, 3.63) is 36.5 Å². The minimum Gasteiger partial charge on any atom is -0.462 e. The number of unbranched alkanes of at least 4 members (excludes halogenated alkanes) is 52. The Balaban J connectivity index is 4.05. The third kappa shape index (κ3) is 68.4. The molecule has 1 unspecified atom stereocenters. The highest BCUT2D eigenvalue weighted by atomic mass is 16.6. The summed E-state index contributed by atoms with van der Waals surface area (Å²) >= 11 is 0. The summed E-state index contributed by atoms with van der Waals surface area (Å²) in [6.07, 6.45) is 89.3. The van der Waals surface area contributed by atoms with Crippen LogP contribution in [-0.4, -0.2) is 37.2 Å². The van der Waals surface area contributed by atoms with E-state index in [0.29, 0.717) is 19.3 Å². The first-order valence-electron chi connectivity index (χ1n) is 37.0. The van der Waals surface area contributed by atoms with Gasteiger partial charge in [-0.15, -0.1) is 0 Å². The standard InChI is InChI=1S/C76H142O6/c1-4-7-10-13-16-19-22-25-28-29-30-31-32-33-34-35-36-37-38-39-40-41-42-43-44-45-46-47-49-51-54-57-60-63-66-69-75(78)81-72-73(71-80-74(77)68-65-62-59-56-53-50-27-24-21-18-15-12-9-6-3)82-76(79)70-67-64-61-58-55-52-48-26-23-20-17-14-11-8-5-2/h15,18,24,26-27,48,73H,4-14,16-17,19-23,25,28-47,49-72H2,1-3H3/b18-15-,27-24-,48-26-. The summed E-state index contributed by atoms with van der Waals surface area (Å²) in [6.45, 7) is 6.64. The number of carbonyl (C=O) groups excluding carboxylic acids is 3. The number of esters is 3. The first-order chi connectivity index (χ1) is 40.5. The van der Waals surface area contributed by atoms with Crippen molar-refractivity contribution in [1.82, 2.24) is 0 Å². The third-order valence-corrected chi connectivity index (χ3v) is 16.9. The fraction of sp³-hybridized carbons (Fsp3) is 0.882. The van der Waals surface area contributed by atoms with E-state index in [1.807, 2.05) is 0 Å². The summed E-state index contributed by atoms with van der Waals surface area (Å²) in [5.41, 5.74) is 0. The number of carbonyl (C=O) groups is 3. The molecule has 1 atom stereocenters. The van der Waals surface area contributed by atoms with Gasteiger partial charge in [0.1, 0.15) is 13.2 Å². The van der Waals surface area contributed by atoms with E-state index in [4.69, 9.17) is 14.2 Å². The molecule has 0 aliphatic rings. The fourth-order valence-electron chi connectivity index (χ4n) is 11.3. The van der Waals surface area contributed by atoms with E-state index in [1.165, 1.54) is 289 Å². The van der Waals surface area contributed by atoms with Crippen molar-refractivity contribution in [2.24, 2.45) is 0 Å². The van der Waals surface area contributed by atoms with Gasteiger partial charge in [0.2, 0.25) is 0 Å². The zero-order valence-corrected chi connectivity index (χ0v) is 55.5. The van der Waals surface area contributed by atoms with Gasteiger partial charge in [-0.2, -0.15) is 0 Å². The van der Waals surface area contributed by atoms with Crippen molar-refractivity contribution in [3.8, 4) is 0 Å². The van der Waals surface area contributed by atoms with E-state index in [-0.39, 0.29) is 31.1 Å². The van der Waals surface area contributed by atoms with Crippen molar-refractivity contribution in [2.45, 2.75) is 419 Å². The molecule has 0 bridgehead atoms. The average molecular weight is 1150 g/mol. The van der Waals surface area contributed by atoms with Gasteiger partial charge in [-0.1, -0.05) is 359 Å². The normalized spacial score (nSPS) is 12.2.